The molecule has 76 valence electrons. The molecule has 13 heavy (non-hydrogen) atoms. The molecule has 0 heterocycles. The van der Waals surface area contributed by atoms with Crippen molar-refractivity contribution in [1.29, 1.82) is 0 Å². The lowest BCUT2D eigenvalue weighted by Crippen LogP contribution is -2.33. The van der Waals surface area contributed by atoms with Crippen LogP contribution in [-0.4, -0.2) is 17.1 Å². The average molecular weight is 229 g/mol. The van der Waals surface area contributed by atoms with Gasteiger partial charge in [0.15, 0.2) is 0 Å². The Morgan fingerprint density at radius 2 is 1.38 bits per heavy atom. The topological polar surface area (TPSA) is 52.6 Å². The van der Waals surface area contributed by atoms with Crippen LogP contribution in [0.1, 0.15) is 20.8 Å². The van der Waals surface area contributed by atoms with E-state index in [4.69, 9.17) is 23.2 Å². The highest BCUT2D eigenvalue weighted by molar-refractivity contribution is 6.61. The SMILES string of the molecule is CC(C)(C)C(OC(=O)Cl)OC(=O)Cl. The van der Waals surface area contributed by atoms with Crippen molar-refractivity contribution in [2.24, 2.45) is 5.41 Å². The van der Waals surface area contributed by atoms with Crippen LogP contribution in [0.2, 0.25) is 0 Å². The minimum absolute atomic E-state index is 0.574. The van der Waals surface area contributed by atoms with Gasteiger partial charge in [0.25, 0.3) is 6.29 Å². The summed E-state index contributed by atoms with van der Waals surface area (Å²) >= 11 is 9.93. The van der Waals surface area contributed by atoms with Crippen molar-refractivity contribution in [3.05, 3.63) is 0 Å². The van der Waals surface area contributed by atoms with Crippen LogP contribution in [0, 0.1) is 5.41 Å². The van der Waals surface area contributed by atoms with Gasteiger partial charge in [-0.3, -0.25) is 0 Å². The van der Waals surface area contributed by atoms with Crippen LogP contribution < -0.4 is 0 Å². The summed E-state index contributed by atoms with van der Waals surface area (Å²) in [6.45, 7) is 5.12. The maximum atomic E-state index is 10.4. The third-order valence-electron chi connectivity index (χ3n) is 1.11. The summed E-state index contributed by atoms with van der Waals surface area (Å²) in [5, 5.41) is 0. The molecule has 0 N–H and O–H groups in total. The predicted octanol–water partition coefficient (Wildman–Crippen LogP) is 3.11. The monoisotopic (exact) mass is 228 g/mol. The van der Waals surface area contributed by atoms with E-state index in [1.807, 2.05) is 0 Å². The van der Waals surface area contributed by atoms with Gasteiger partial charge in [-0.15, -0.1) is 0 Å². The molecule has 0 aromatic rings. The van der Waals surface area contributed by atoms with Crippen LogP contribution in [0.15, 0.2) is 0 Å². The van der Waals surface area contributed by atoms with E-state index in [0.717, 1.165) is 0 Å². The number of rotatable bonds is 2. The molecule has 0 aliphatic carbocycles. The van der Waals surface area contributed by atoms with Crippen LogP contribution in [0.4, 0.5) is 9.59 Å². The third kappa shape index (κ3) is 5.71. The summed E-state index contributed by atoms with van der Waals surface area (Å²) < 4.78 is 9.05. The number of halogens is 2. The van der Waals surface area contributed by atoms with Gasteiger partial charge in [0.05, 0.1) is 0 Å². The average Bonchev–Trinajstić information content (AvgIpc) is 1.81. The molecule has 0 unspecified atom stereocenters. The van der Waals surface area contributed by atoms with E-state index >= 15 is 0 Å². The van der Waals surface area contributed by atoms with Crippen molar-refractivity contribution < 1.29 is 19.1 Å². The molecular formula is C7H10Cl2O4. The van der Waals surface area contributed by atoms with Crippen molar-refractivity contribution in [2.75, 3.05) is 0 Å². The summed E-state index contributed by atoms with van der Waals surface area (Å²) in [4.78, 5) is 20.8. The van der Waals surface area contributed by atoms with Gasteiger partial charge in [-0.1, -0.05) is 20.8 Å². The molecule has 0 amide bonds. The molecule has 0 saturated carbocycles. The highest BCUT2D eigenvalue weighted by Crippen LogP contribution is 2.24. The molecule has 0 saturated heterocycles. The first-order valence-electron chi connectivity index (χ1n) is 3.45. The van der Waals surface area contributed by atoms with Gasteiger partial charge in [0.2, 0.25) is 0 Å². The molecule has 0 aliphatic heterocycles. The maximum absolute atomic E-state index is 10.4. The summed E-state index contributed by atoms with van der Waals surface area (Å²) in [6, 6.07) is 0. The second kappa shape index (κ2) is 4.67. The number of hydrogen-bond donors (Lipinski definition) is 0. The normalized spacial score (nSPS) is 11.2. The van der Waals surface area contributed by atoms with Crippen LogP contribution in [0.5, 0.6) is 0 Å². The lowest BCUT2D eigenvalue weighted by atomic mass is 9.96. The van der Waals surface area contributed by atoms with Gasteiger partial charge in [-0.25, -0.2) is 9.59 Å². The zero-order chi connectivity index (χ0) is 10.6. The lowest BCUT2D eigenvalue weighted by molar-refractivity contribution is -0.109. The van der Waals surface area contributed by atoms with Crippen molar-refractivity contribution in [3.63, 3.8) is 0 Å². The van der Waals surface area contributed by atoms with Crippen LogP contribution in [0.3, 0.4) is 0 Å². The number of carbonyl (C=O) groups excluding carboxylic acids is 2. The van der Waals surface area contributed by atoms with E-state index in [0.29, 0.717) is 0 Å². The molecule has 0 rings (SSSR count). The Morgan fingerprint density at radius 3 is 1.54 bits per heavy atom. The lowest BCUT2D eigenvalue weighted by Gasteiger charge is -2.27. The Bertz CT molecular complexity index is 193. The quantitative estimate of drug-likeness (QED) is 0.539. The second-order valence-corrected chi connectivity index (χ2v) is 4.03. The Hall–Kier alpha value is -0.480. The molecule has 6 heteroatoms. The first-order chi connectivity index (χ1) is 5.73. The molecular weight excluding hydrogens is 219 g/mol. The summed E-state index contributed by atoms with van der Waals surface area (Å²) in [5.74, 6) is 0. The van der Waals surface area contributed by atoms with Crippen molar-refractivity contribution in [3.8, 4) is 0 Å². The zero-order valence-electron chi connectivity index (χ0n) is 7.47. The summed E-state index contributed by atoms with van der Waals surface area (Å²) in [7, 11) is 0. The van der Waals surface area contributed by atoms with Crippen molar-refractivity contribution in [2.45, 2.75) is 27.1 Å². The molecule has 0 aliphatic rings. The molecule has 0 spiro atoms. The third-order valence-corrected chi connectivity index (χ3v) is 1.28. The van der Waals surface area contributed by atoms with E-state index in [9.17, 15) is 9.59 Å². The van der Waals surface area contributed by atoms with Gasteiger partial charge < -0.3 is 9.47 Å². The number of carbonyl (C=O) groups is 2. The molecule has 0 fully saturated rings. The van der Waals surface area contributed by atoms with Gasteiger partial charge in [-0.2, -0.15) is 0 Å². The summed E-state index contributed by atoms with van der Waals surface area (Å²) in [6.07, 6.45) is -1.08. The molecule has 0 aromatic carbocycles. The van der Waals surface area contributed by atoms with E-state index in [-0.39, 0.29) is 0 Å². The Kier molecular flexibility index (Phi) is 4.50. The standard InChI is InChI=1S/C7H10Cl2O4/c1-7(2,3)4(12-5(8)10)13-6(9)11/h4H,1-3H3. The fraction of sp³-hybridized carbons (Fsp3) is 0.714. The molecule has 0 atom stereocenters. The Labute approximate surface area is 86.1 Å². The highest BCUT2D eigenvalue weighted by atomic mass is 35.5. The smallest absolute Gasteiger partial charge is 0.406 e. The minimum Gasteiger partial charge on any atom is -0.413 e. The second-order valence-electron chi connectivity index (χ2n) is 3.41. The van der Waals surface area contributed by atoms with E-state index in [2.05, 4.69) is 9.47 Å². The van der Waals surface area contributed by atoms with Crippen molar-refractivity contribution in [1.82, 2.24) is 0 Å². The predicted molar refractivity (Wildman–Crippen MR) is 47.9 cm³/mol. The fourth-order valence-electron chi connectivity index (χ4n) is 0.546. The van der Waals surface area contributed by atoms with Gasteiger partial charge in [0, 0.05) is 28.6 Å². The Morgan fingerprint density at radius 1 is 1.08 bits per heavy atom. The van der Waals surface area contributed by atoms with Gasteiger partial charge in [0.1, 0.15) is 0 Å². The zero-order valence-corrected chi connectivity index (χ0v) is 8.98. The maximum Gasteiger partial charge on any atom is 0.406 e. The molecule has 0 bridgehead atoms. The summed E-state index contributed by atoms with van der Waals surface area (Å²) in [5.41, 5.74) is -2.66. The van der Waals surface area contributed by atoms with Crippen molar-refractivity contribution >= 4 is 34.1 Å². The minimum atomic E-state index is -1.08. The molecule has 0 radical (unpaired) electrons. The van der Waals surface area contributed by atoms with E-state index < -0.39 is 22.6 Å². The van der Waals surface area contributed by atoms with Gasteiger partial charge in [-0.05, 0) is 0 Å². The molecule has 4 nitrogen and oxygen atoms in total. The van der Waals surface area contributed by atoms with E-state index in [1.165, 1.54) is 0 Å². The largest absolute Gasteiger partial charge is 0.413 e. The van der Waals surface area contributed by atoms with Crippen LogP contribution >= 0.6 is 23.2 Å². The highest BCUT2D eigenvalue weighted by Gasteiger charge is 2.31. The van der Waals surface area contributed by atoms with E-state index in [1.54, 1.807) is 20.8 Å². The first kappa shape index (κ1) is 12.5. The van der Waals surface area contributed by atoms with Crippen LogP contribution in [0.25, 0.3) is 0 Å². The number of hydrogen-bond acceptors (Lipinski definition) is 4. The number of ether oxygens (including phenoxy) is 2. The van der Waals surface area contributed by atoms with Crippen LogP contribution in [-0.2, 0) is 9.47 Å². The first-order valence-corrected chi connectivity index (χ1v) is 4.21. The molecule has 0 aromatic heterocycles. The Balaban J connectivity index is 4.37. The fourth-order valence-corrected chi connectivity index (χ4v) is 0.708. The van der Waals surface area contributed by atoms with Gasteiger partial charge >= 0.3 is 10.9 Å².